The molecule has 0 unspecified atom stereocenters. The van der Waals surface area contributed by atoms with Crippen LogP contribution in [0.2, 0.25) is 0 Å². The number of fused-ring (bicyclic) bond motifs is 1. The summed E-state index contributed by atoms with van der Waals surface area (Å²) in [7, 11) is 1.53. The van der Waals surface area contributed by atoms with Crippen LogP contribution in [0.25, 0.3) is 0 Å². The third kappa shape index (κ3) is 4.02. The number of ether oxygens (including phenoxy) is 2. The monoisotopic (exact) mass is 325 g/mol. The fourth-order valence-corrected chi connectivity index (χ4v) is 3.20. The van der Waals surface area contributed by atoms with Crippen LogP contribution in [0.3, 0.4) is 0 Å². The van der Waals surface area contributed by atoms with E-state index in [1.165, 1.54) is 12.7 Å². The lowest BCUT2D eigenvalue weighted by molar-refractivity contribution is -0.127. The molecule has 0 aliphatic heterocycles. The van der Waals surface area contributed by atoms with Gasteiger partial charge in [-0.15, -0.1) is 0 Å². The van der Waals surface area contributed by atoms with Crippen molar-refractivity contribution < 1.29 is 14.3 Å². The van der Waals surface area contributed by atoms with Crippen LogP contribution in [0.4, 0.5) is 0 Å². The summed E-state index contributed by atoms with van der Waals surface area (Å²) >= 11 is 0. The normalized spacial score (nSPS) is 19.5. The summed E-state index contributed by atoms with van der Waals surface area (Å²) in [5.74, 6) is -0.118. The first kappa shape index (κ1) is 16.7. The second kappa shape index (κ2) is 8.08. The molecule has 4 heteroatoms. The number of carbonyl (C=O) groups is 1. The van der Waals surface area contributed by atoms with E-state index < -0.39 is 0 Å². The van der Waals surface area contributed by atoms with Gasteiger partial charge in [0.25, 0.3) is 0 Å². The number of methoxy groups -OCH3 is 1. The Morgan fingerprint density at radius 3 is 2.67 bits per heavy atom. The van der Waals surface area contributed by atoms with E-state index in [0.717, 1.165) is 24.0 Å². The van der Waals surface area contributed by atoms with Crippen molar-refractivity contribution in [3.8, 4) is 0 Å². The number of carbonyl (C=O) groups excluding carboxylic acids is 1. The Morgan fingerprint density at radius 2 is 1.88 bits per heavy atom. The van der Waals surface area contributed by atoms with Gasteiger partial charge >= 0.3 is 0 Å². The van der Waals surface area contributed by atoms with Gasteiger partial charge in [-0.2, -0.15) is 0 Å². The molecule has 1 amide bonds. The standard InChI is InChI=1S/C20H23NO3/c1-23-14-19(22)21-20-17-10-6-5-9-16(17)11-12-18(20)24-13-15-7-3-2-4-8-15/h2-10,18,20H,11-14H2,1H3,(H,21,22)/t18-,20-/m1/s1. The molecule has 2 aromatic rings. The van der Waals surface area contributed by atoms with E-state index in [1.54, 1.807) is 0 Å². The minimum absolute atomic E-state index is 0.0408. The topological polar surface area (TPSA) is 47.6 Å². The minimum atomic E-state index is -0.138. The van der Waals surface area contributed by atoms with Gasteiger partial charge in [-0.05, 0) is 29.5 Å². The number of benzene rings is 2. The van der Waals surface area contributed by atoms with E-state index in [4.69, 9.17) is 9.47 Å². The molecule has 0 aromatic heterocycles. The molecule has 0 fully saturated rings. The van der Waals surface area contributed by atoms with Crippen molar-refractivity contribution in [3.63, 3.8) is 0 Å². The van der Waals surface area contributed by atoms with Crippen molar-refractivity contribution >= 4 is 5.91 Å². The number of nitrogens with one attached hydrogen (secondary N) is 1. The summed E-state index contributed by atoms with van der Waals surface area (Å²) in [5.41, 5.74) is 3.56. The third-order valence-corrected chi connectivity index (χ3v) is 4.36. The highest BCUT2D eigenvalue weighted by Gasteiger charge is 2.31. The maximum absolute atomic E-state index is 12.0. The molecule has 0 bridgehead atoms. The Bertz CT molecular complexity index is 672. The molecule has 24 heavy (non-hydrogen) atoms. The molecule has 0 spiro atoms. The van der Waals surface area contributed by atoms with Gasteiger partial charge in [-0.3, -0.25) is 4.79 Å². The van der Waals surface area contributed by atoms with Gasteiger partial charge in [0.05, 0.1) is 18.8 Å². The van der Waals surface area contributed by atoms with Crippen molar-refractivity contribution in [3.05, 3.63) is 71.3 Å². The third-order valence-electron chi connectivity index (χ3n) is 4.36. The fourth-order valence-electron chi connectivity index (χ4n) is 3.20. The maximum Gasteiger partial charge on any atom is 0.246 e. The van der Waals surface area contributed by atoms with Crippen LogP contribution in [0.15, 0.2) is 54.6 Å². The van der Waals surface area contributed by atoms with Gasteiger partial charge < -0.3 is 14.8 Å². The van der Waals surface area contributed by atoms with E-state index in [2.05, 4.69) is 29.6 Å². The second-order valence-corrected chi connectivity index (χ2v) is 6.05. The molecule has 2 atom stereocenters. The first-order valence-electron chi connectivity index (χ1n) is 8.29. The summed E-state index contributed by atoms with van der Waals surface area (Å²) in [6, 6.07) is 18.2. The number of rotatable bonds is 6. The fraction of sp³-hybridized carbons (Fsp3) is 0.350. The van der Waals surface area contributed by atoms with Gasteiger partial charge in [0.2, 0.25) is 5.91 Å². The first-order valence-corrected chi connectivity index (χ1v) is 8.29. The molecular weight excluding hydrogens is 302 g/mol. The molecule has 0 saturated heterocycles. The number of amides is 1. The summed E-state index contributed by atoms with van der Waals surface area (Å²) in [5, 5.41) is 3.07. The zero-order valence-corrected chi connectivity index (χ0v) is 13.9. The van der Waals surface area contributed by atoms with Crippen molar-refractivity contribution in [2.24, 2.45) is 0 Å². The summed E-state index contributed by atoms with van der Waals surface area (Å²) < 4.78 is 11.1. The van der Waals surface area contributed by atoms with Crippen molar-refractivity contribution in [2.75, 3.05) is 13.7 Å². The van der Waals surface area contributed by atoms with Crippen LogP contribution in [0, 0.1) is 0 Å². The number of hydrogen-bond donors (Lipinski definition) is 1. The Morgan fingerprint density at radius 1 is 1.12 bits per heavy atom. The van der Waals surface area contributed by atoms with E-state index in [0.29, 0.717) is 6.61 Å². The van der Waals surface area contributed by atoms with Crippen LogP contribution in [0.5, 0.6) is 0 Å². The van der Waals surface area contributed by atoms with Crippen LogP contribution in [-0.4, -0.2) is 25.7 Å². The largest absolute Gasteiger partial charge is 0.375 e. The molecular formula is C20H23NO3. The lowest BCUT2D eigenvalue weighted by atomic mass is 9.85. The van der Waals surface area contributed by atoms with Crippen LogP contribution in [0.1, 0.15) is 29.2 Å². The molecule has 4 nitrogen and oxygen atoms in total. The van der Waals surface area contributed by atoms with Crippen LogP contribution in [-0.2, 0) is 27.3 Å². The summed E-state index contributed by atoms with van der Waals surface area (Å²) in [6.07, 6.45) is 1.81. The lowest BCUT2D eigenvalue weighted by Gasteiger charge is -2.34. The highest BCUT2D eigenvalue weighted by atomic mass is 16.5. The predicted octanol–water partition coefficient (Wildman–Crippen LogP) is 3.02. The van der Waals surface area contributed by atoms with Crippen LogP contribution < -0.4 is 5.32 Å². The average Bonchev–Trinajstić information content (AvgIpc) is 2.62. The SMILES string of the molecule is COCC(=O)N[C@@H]1c2ccccc2CC[C@H]1OCc1ccccc1. The molecule has 0 saturated carbocycles. The van der Waals surface area contributed by atoms with Gasteiger partial charge in [-0.25, -0.2) is 0 Å². The molecule has 1 N–H and O–H groups in total. The molecule has 1 aliphatic carbocycles. The zero-order chi connectivity index (χ0) is 16.8. The van der Waals surface area contributed by atoms with E-state index in [-0.39, 0.29) is 24.7 Å². The molecule has 3 rings (SSSR count). The van der Waals surface area contributed by atoms with Gasteiger partial charge in [0.1, 0.15) is 6.61 Å². The lowest BCUT2D eigenvalue weighted by Crippen LogP contribution is -2.41. The average molecular weight is 325 g/mol. The summed E-state index contributed by atoms with van der Waals surface area (Å²) in [4.78, 5) is 12.0. The van der Waals surface area contributed by atoms with Crippen molar-refractivity contribution in [1.29, 1.82) is 0 Å². The van der Waals surface area contributed by atoms with Crippen LogP contribution >= 0.6 is 0 Å². The van der Waals surface area contributed by atoms with E-state index >= 15 is 0 Å². The van der Waals surface area contributed by atoms with Crippen molar-refractivity contribution in [2.45, 2.75) is 31.6 Å². The first-order chi connectivity index (χ1) is 11.8. The molecule has 0 heterocycles. The zero-order valence-electron chi connectivity index (χ0n) is 13.9. The van der Waals surface area contributed by atoms with E-state index in [9.17, 15) is 4.79 Å². The quantitative estimate of drug-likeness (QED) is 0.888. The second-order valence-electron chi connectivity index (χ2n) is 6.05. The molecule has 0 radical (unpaired) electrons. The van der Waals surface area contributed by atoms with Gasteiger partial charge in [0, 0.05) is 7.11 Å². The number of aryl methyl sites for hydroxylation is 1. The van der Waals surface area contributed by atoms with Gasteiger partial charge in [-0.1, -0.05) is 54.6 Å². The van der Waals surface area contributed by atoms with Crippen molar-refractivity contribution in [1.82, 2.24) is 5.32 Å². The Hall–Kier alpha value is -2.17. The smallest absolute Gasteiger partial charge is 0.246 e. The predicted molar refractivity (Wildman–Crippen MR) is 92.5 cm³/mol. The molecule has 1 aliphatic rings. The highest BCUT2D eigenvalue weighted by Crippen LogP contribution is 2.32. The minimum Gasteiger partial charge on any atom is -0.375 e. The molecule has 2 aromatic carbocycles. The maximum atomic E-state index is 12.0. The van der Waals surface area contributed by atoms with Gasteiger partial charge in [0.15, 0.2) is 0 Å². The Kier molecular flexibility index (Phi) is 5.62. The number of hydrogen-bond acceptors (Lipinski definition) is 3. The molecule has 126 valence electrons. The Labute approximate surface area is 142 Å². The Balaban J connectivity index is 1.75. The van der Waals surface area contributed by atoms with E-state index in [1.807, 2.05) is 30.3 Å². The highest BCUT2D eigenvalue weighted by molar-refractivity contribution is 5.77. The summed E-state index contributed by atoms with van der Waals surface area (Å²) in [6.45, 7) is 0.606.